The number of terminal acetylenes is 1. The maximum Gasteiger partial charge on any atom is 0.0860 e. The van der Waals surface area contributed by atoms with Crippen LogP contribution in [0.5, 0.6) is 0 Å². The van der Waals surface area contributed by atoms with E-state index in [9.17, 15) is 0 Å². The first-order valence-electron chi connectivity index (χ1n) is 5.01. The minimum atomic E-state index is 0.0431. The summed E-state index contributed by atoms with van der Waals surface area (Å²) in [5, 5.41) is 8.25. The van der Waals surface area contributed by atoms with E-state index in [1.165, 1.54) is 0 Å². The lowest BCUT2D eigenvalue weighted by atomic mass is 10.3. The Labute approximate surface area is 95.8 Å². The average Bonchev–Trinajstić information content (AvgIpc) is 2.52. The zero-order chi connectivity index (χ0) is 11.4. The van der Waals surface area contributed by atoms with Gasteiger partial charge in [0, 0.05) is 13.1 Å². The Kier molecular flexibility index (Phi) is 4.19. The van der Waals surface area contributed by atoms with Crippen molar-refractivity contribution >= 4 is 11.6 Å². The maximum atomic E-state index is 6.14. The molecule has 1 aromatic rings. The van der Waals surface area contributed by atoms with E-state index >= 15 is 0 Å². The van der Waals surface area contributed by atoms with Crippen LogP contribution < -0.4 is 5.32 Å². The van der Waals surface area contributed by atoms with Gasteiger partial charge in [0.15, 0.2) is 0 Å². The van der Waals surface area contributed by atoms with Crippen molar-refractivity contribution in [2.24, 2.45) is 0 Å². The summed E-state index contributed by atoms with van der Waals surface area (Å²) < 4.78 is 1.90. The van der Waals surface area contributed by atoms with Crippen LogP contribution in [0.3, 0.4) is 0 Å². The third-order valence-electron chi connectivity index (χ3n) is 2.28. The highest BCUT2D eigenvalue weighted by atomic mass is 35.5. The van der Waals surface area contributed by atoms with Crippen LogP contribution in [0.4, 0.5) is 0 Å². The molecule has 0 amide bonds. The molecular weight excluding hydrogens is 210 g/mol. The van der Waals surface area contributed by atoms with Gasteiger partial charge in [0.25, 0.3) is 0 Å². The fourth-order valence-electron chi connectivity index (χ4n) is 1.35. The Morgan fingerprint density at radius 1 is 1.67 bits per heavy atom. The second kappa shape index (κ2) is 5.20. The average molecular weight is 226 g/mol. The van der Waals surface area contributed by atoms with Gasteiger partial charge < -0.3 is 0 Å². The van der Waals surface area contributed by atoms with Crippen LogP contribution in [0.1, 0.15) is 25.2 Å². The number of rotatable bonds is 4. The molecule has 0 saturated heterocycles. The monoisotopic (exact) mass is 225 g/mol. The van der Waals surface area contributed by atoms with Crippen LogP contribution in [-0.2, 0) is 13.1 Å². The van der Waals surface area contributed by atoms with E-state index in [0.29, 0.717) is 6.54 Å². The lowest BCUT2D eigenvalue weighted by Crippen LogP contribution is -2.25. The van der Waals surface area contributed by atoms with E-state index in [-0.39, 0.29) is 6.04 Å². The van der Waals surface area contributed by atoms with E-state index < -0.39 is 0 Å². The second-order valence-corrected chi connectivity index (χ2v) is 3.81. The quantitative estimate of drug-likeness (QED) is 0.795. The van der Waals surface area contributed by atoms with Gasteiger partial charge in [-0.05, 0) is 20.8 Å². The molecule has 1 aromatic heterocycles. The highest BCUT2D eigenvalue weighted by Gasteiger charge is 2.12. The van der Waals surface area contributed by atoms with Gasteiger partial charge in [0.1, 0.15) is 0 Å². The third-order valence-corrected chi connectivity index (χ3v) is 2.77. The Hall–Kier alpha value is -0.980. The van der Waals surface area contributed by atoms with Crippen molar-refractivity contribution in [2.75, 3.05) is 0 Å². The topological polar surface area (TPSA) is 29.9 Å². The number of aromatic nitrogens is 2. The van der Waals surface area contributed by atoms with Gasteiger partial charge in [0.05, 0.1) is 22.5 Å². The fraction of sp³-hybridized carbons (Fsp3) is 0.545. The number of nitrogens with one attached hydrogen (secondary N) is 1. The number of hydrogen-bond acceptors (Lipinski definition) is 2. The maximum absolute atomic E-state index is 6.14. The molecule has 1 atom stereocenters. The normalized spacial score (nSPS) is 12.5. The van der Waals surface area contributed by atoms with E-state index in [4.69, 9.17) is 18.0 Å². The molecule has 0 aromatic carbocycles. The molecule has 0 saturated carbocycles. The van der Waals surface area contributed by atoms with Crippen LogP contribution in [-0.4, -0.2) is 15.8 Å². The molecule has 3 nitrogen and oxygen atoms in total. The Balaban J connectivity index is 2.80. The number of nitrogens with zero attached hydrogens (tertiary/aromatic N) is 2. The highest BCUT2D eigenvalue weighted by molar-refractivity contribution is 6.31. The van der Waals surface area contributed by atoms with Crippen LogP contribution >= 0.6 is 11.6 Å². The standard InChI is InChI=1S/C11H16ClN3/c1-5-8(3)13-7-10-11(12)9(4)14-15(10)6-2/h1,8,13H,6-7H2,2-4H3. The Morgan fingerprint density at radius 3 is 2.87 bits per heavy atom. The molecule has 0 aliphatic heterocycles. The third kappa shape index (κ3) is 2.74. The van der Waals surface area contributed by atoms with Crippen LogP contribution in [0, 0.1) is 19.3 Å². The molecule has 1 heterocycles. The summed E-state index contributed by atoms with van der Waals surface area (Å²) in [5.41, 5.74) is 1.86. The Morgan fingerprint density at radius 2 is 2.33 bits per heavy atom. The summed E-state index contributed by atoms with van der Waals surface area (Å²) in [7, 11) is 0. The zero-order valence-electron chi connectivity index (χ0n) is 9.34. The van der Waals surface area contributed by atoms with Crippen LogP contribution in [0.15, 0.2) is 0 Å². The smallest absolute Gasteiger partial charge is 0.0860 e. The van der Waals surface area contributed by atoms with Crippen molar-refractivity contribution in [3.63, 3.8) is 0 Å². The van der Waals surface area contributed by atoms with Gasteiger partial charge >= 0.3 is 0 Å². The molecule has 1 N–H and O–H groups in total. The minimum Gasteiger partial charge on any atom is -0.298 e. The summed E-state index contributed by atoms with van der Waals surface area (Å²) in [6.45, 7) is 7.35. The van der Waals surface area contributed by atoms with E-state index in [2.05, 4.69) is 16.3 Å². The molecule has 0 fully saturated rings. The molecule has 0 spiro atoms. The molecule has 0 aliphatic carbocycles. The lowest BCUT2D eigenvalue weighted by Gasteiger charge is -2.09. The van der Waals surface area contributed by atoms with Gasteiger partial charge in [-0.15, -0.1) is 6.42 Å². The molecule has 15 heavy (non-hydrogen) atoms. The molecule has 1 unspecified atom stereocenters. The number of halogens is 1. The summed E-state index contributed by atoms with van der Waals surface area (Å²) in [5.74, 6) is 2.62. The summed E-state index contributed by atoms with van der Waals surface area (Å²) in [6.07, 6.45) is 5.28. The van der Waals surface area contributed by atoms with Crippen molar-refractivity contribution in [3.05, 3.63) is 16.4 Å². The van der Waals surface area contributed by atoms with Gasteiger partial charge in [-0.2, -0.15) is 5.10 Å². The van der Waals surface area contributed by atoms with Crippen molar-refractivity contribution < 1.29 is 0 Å². The largest absolute Gasteiger partial charge is 0.298 e. The molecule has 0 radical (unpaired) electrons. The lowest BCUT2D eigenvalue weighted by molar-refractivity contribution is 0.566. The summed E-state index contributed by atoms with van der Waals surface area (Å²) in [6, 6.07) is 0.0431. The van der Waals surface area contributed by atoms with E-state index in [1.807, 2.05) is 25.5 Å². The predicted molar refractivity (Wildman–Crippen MR) is 62.8 cm³/mol. The van der Waals surface area contributed by atoms with Gasteiger partial charge in [-0.3, -0.25) is 10.00 Å². The molecular formula is C11H16ClN3. The number of hydrogen-bond donors (Lipinski definition) is 1. The molecule has 1 rings (SSSR count). The Bertz CT molecular complexity index is 376. The predicted octanol–water partition coefficient (Wildman–Crippen LogP) is 1.98. The van der Waals surface area contributed by atoms with Crippen molar-refractivity contribution in [1.82, 2.24) is 15.1 Å². The second-order valence-electron chi connectivity index (χ2n) is 3.43. The molecule has 4 heteroatoms. The van der Waals surface area contributed by atoms with E-state index in [1.54, 1.807) is 0 Å². The fourth-order valence-corrected chi connectivity index (χ4v) is 1.55. The summed E-state index contributed by atoms with van der Waals surface area (Å²) in [4.78, 5) is 0. The zero-order valence-corrected chi connectivity index (χ0v) is 10.1. The first-order chi connectivity index (χ1) is 7.10. The molecule has 0 aliphatic rings. The summed E-state index contributed by atoms with van der Waals surface area (Å²) >= 11 is 6.14. The van der Waals surface area contributed by atoms with Crippen molar-refractivity contribution in [3.8, 4) is 12.3 Å². The van der Waals surface area contributed by atoms with E-state index in [0.717, 1.165) is 23.0 Å². The molecule has 82 valence electrons. The van der Waals surface area contributed by atoms with Crippen molar-refractivity contribution in [1.29, 1.82) is 0 Å². The van der Waals surface area contributed by atoms with Gasteiger partial charge in [-0.1, -0.05) is 17.5 Å². The van der Waals surface area contributed by atoms with Crippen LogP contribution in [0.25, 0.3) is 0 Å². The van der Waals surface area contributed by atoms with Crippen molar-refractivity contribution in [2.45, 2.75) is 39.9 Å². The minimum absolute atomic E-state index is 0.0431. The molecule has 0 bridgehead atoms. The first kappa shape index (κ1) is 12.1. The highest BCUT2D eigenvalue weighted by Crippen LogP contribution is 2.19. The van der Waals surface area contributed by atoms with Gasteiger partial charge in [0.2, 0.25) is 0 Å². The van der Waals surface area contributed by atoms with Crippen LogP contribution in [0.2, 0.25) is 5.02 Å². The number of aryl methyl sites for hydroxylation is 2. The first-order valence-corrected chi connectivity index (χ1v) is 5.39. The van der Waals surface area contributed by atoms with Gasteiger partial charge in [-0.25, -0.2) is 0 Å². The SMILES string of the molecule is C#CC(C)NCc1c(Cl)c(C)nn1CC.